The molecule has 0 saturated heterocycles. The van der Waals surface area contributed by atoms with E-state index in [0.29, 0.717) is 5.82 Å². The smallest absolute Gasteiger partial charge is 0.148 e. The molecule has 0 amide bonds. The van der Waals surface area contributed by atoms with E-state index in [0.717, 1.165) is 18.8 Å². The molecule has 0 aliphatic carbocycles. The number of aromatic nitrogens is 2. The standard InChI is InChI=1S/C13H22N4O/c1-5-13(3,4)8-15-12-6-11(16-9-17-12)14-7-10(2)18/h6,9H,5,7-8H2,1-4H3,(H2,14,15,16,17). The van der Waals surface area contributed by atoms with Gasteiger partial charge in [-0.3, -0.25) is 4.79 Å². The van der Waals surface area contributed by atoms with Crippen LogP contribution in [0.4, 0.5) is 11.6 Å². The molecule has 100 valence electrons. The average molecular weight is 250 g/mol. The zero-order chi connectivity index (χ0) is 13.6. The van der Waals surface area contributed by atoms with Gasteiger partial charge in [0.2, 0.25) is 0 Å². The monoisotopic (exact) mass is 250 g/mol. The lowest BCUT2D eigenvalue weighted by molar-refractivity contribution is -0.115. The quantitative estimate of drug-likeness (QED) is 0.777. The van der Waals surface area contributed by atoms with Crippen LogP contribution in [-0.2, 0) is 4.79 Å². The third-order valence-corrected chi connectivity index (χ3v) is 2.89. The Morgan fingerprint density at radius 2 is 1.89 bits per heavy atom. The van der Waals surface area contributed by atoms with Gasteiger partial charge in [-0.25, -0.2) is 9.97 Å². The molecule has 0 fully saturated rings. The van der Waals surface area contributed by atoms with Crippen LogP contribution < -0.4 is 10.6 Å². The first kappa shape index (κ1) is 14.4. The summed E-state index contributed by atoms with van der Waals surface area (Å²) in [7, 11) is 0. The van der Waals surface area contributed by atoms with Crippen molar-refractivity contribution in [3.8, 4) is 0 Å². The van der Waals surface area contributed by atoms with Crippen LogP contribution in [0.5, 0.6) is 0 Å². The lowest BCUT2D eigenvalue weighted by atomic mass is 9.90. The van der Waals surface area contributed by atoms with Crippen LogP contribution in [0.25, 0.3) is 0 Å². The molecule has 0 radical (unpaired) electrons. The Hall–Kier alpha value is -1.65. The van der Waals surface area contributed by atoms with E-state index >= 15 is 0 Å². The number of hydrogen-bond acceptors (Lipinski definition) is 5. The van der Waals surface area contributed by atoms with Crippen LogP contribution >= 0.6 is 0 Å². The summed E-state index contributed by atoms with van der Waals surface area (Å²) in [6, 6.07) is 1.81. The Labute approximate surface area is 108 Å². The van der Waals surface area contributed by atoms with Crippen molar-refractivity contribution in [1.29, 1.82) is 0 Å². The highest BCUT2D eigenvalue weighted by Crippen LogP contribution is 2.20. The number of rotatable bonds is 7. The van der Waals surface area contributed by atoms with E-state index in [1.807, 2.05) is 6.07 Å². The summed E-state index contributed by atoms with van der Waals surface area (Å²) in [5, 5.41) is 6.24. The van der Waals surface area contributed by atoms with Crippen molar-refractivity contribution in [3.63, 3.8) is 0 Å². The molecule has 0 aliphatic rings. The molecule has 2 N–H and O–H groups in total. The van der Waals surface area contributed by atoms with E-state index in [2.05, 4.69) is 41.4 Å². The van der Waals surface area contributed by atoms with Gasteiger partial charge in [0.1, 0.15) is 23.7 Å². The molecule has 5 heteroatoms. The fourth-order valence-corrected chi connectivity index (χ4v) is 1.22. The maximum atomic E-state index is 10.9. The van der Waals surface area contributed by atoms with Crippen LogP contribution in [0.15, 0.2) is 12.4 Å². The van der Waals surface area contributed by atoms with Crippen molar-refractivity contribution in [2.75, 3.05) is 23.7 Å². The van der Waals surface area contributed by atoms with Gasteiger partial charge in [0.25, 0.3) is 0 Å². The van der Waals surface area contributed by atoms with Crippen LogP contribution in [0, 0.1) is 5.41 Å². The number of carbonyl (C=O) groups is 1. The van der Waals surface area contributed by atoms with Gasteiger partial charge in [-0.15, -0.1) is 0 Å². The molecule has 18 heavy (non-hydrogen) atoms. The molecule has 0 bridgehead atoms. The molecule has 5 nitrogen and oxygen atoms in total. The Morgan fingerprint density at radius 3 is 2.44 bits per heavy atom. The third kappa shape index (κ3) is 5.12. The summed E-state index contributed by atoms with van der Waals surface area (Å²) >= 11 is 0. The van der Waals surface area contributed by atoms with Gasteiger partial charge in [0.05, 0.1) is 6.54 Å². The zero-order valence-electron chi connectivity index (χ0n) is 11.6. The highest BCUT2D eigenvalue weighted by molar-refractivity contribution is 5.80. The molecule has 0 saturated carbocycles. The van der Waals surface area contributed by atoms with Gasteiger partial charge in [0.15, 0.2) is 0 Å². The van der Waals surface area contributed by atoms with Crippen LogP contribution in [0.2, 0.25) is 0 Å². The number of Topliss-reactive ketones (excluding diaryl/α,β-unsaturated/α-hetero) is 1. The second kappa shape index (κ2) is 6.33. The van der Waals surface area contributed by atoms with Crippen molar-refractivity contribution < 1.29 is 4.79 Å². The molecular formula is C13H22N4O. The second-order valence-electron chi connectivity index (χ2n) is 5.22. The summed E-state index contributed by atoms with van der Waals surface area (Å²) < 4.78 is 0. The summed E-state index contributed by atoms with van der Waals surface area (Å²) in [5.74, 6) is 1.52. The van der Waals surface area contributed by atoms with Crippen molar-refractivity contribution in [2.24, 2.45) is 5.41 Å². The van der Waals surface area contributed by atoms with Crippen LogP contribution in [-0.4, -0.2) is 28.8 Å². The van der Waals surface area contributed by atoms with Crippen molar-refractivity contribution >= 4 is 17.4 Å². The minimum atomic E-state index is 0.0789. The summed E-state index contributed by atoms with van der Waals surface area (Å²) in [6.07, 6.45) is 2.59. The van der Waals surface area contributed by atoms with E-state index in [1.54, 1.807) is 0 Å². The van der Waals surface area contributed by atoms with Gasteiger partial charge in [-0.1, -0.05) is 20.8 Å². The molecular weight excluding hydrogens is 228 g/mol. The number of hydrogen-bond donors (Lipinski definition) is 2. The lowest BCUT2D eigenvalue weighted by Gasteiger charge is -2.23. The van der Waals surface area contributed by atoms with E-state index in [4.69, 9.17) is 0 Å². The summed E-state index contributed by atoms with van der Waals surface area (Å²) in [5.41, 5.74) is 0.234. The second-order valence-corrected chi connectivity index (χ2v) is 5.22. The molecule has 0 unspecified atom stereocenters. The zero-order valence-corrected chi connectivity index (χ0v) is 11.6. The fraction of sp³-hybridized carbons (Fsp3) is 0.615. The van der Waals surface area contributed by atoms with E-state index in [1.165, 1.54) is 13.3 Å². The number of ketones is 1. The summed E-state index contributed by atoms with van der Waals surface area (Å²) in [6.45, 7) is 9.26. The number of anilines is 2. The minimum absolute atomic E-state index is 0.0789. The molecule has 0 aliphatic heterocycles. The predicted octanol–water partition coefficient (Wildman–Crippen LogP) is 2.33. The van der Waals surface area contributed by atoms with Crippen molar-refractivity contribution in [2.45, 2.75) is 34.1 Å². The van der Waals surface area contributed by atoms with Gasteiger partial charge in [-0.05, 0) is 18.8 Å². The predicted molar refractivity (Wildman–Crippen MR) is 73.8 cm³/mol. The highest BCUT2D eigenvalue weighted by Gasteiger charge is 2.14. The average Bonchev–Trinajstić information content (AvgIpc) is 2.35. The van der Waals surface area contributed by atoms with Crippen molar-refractivity contribution in [3.05, 3.63) is 12.4 Å². The first-order valence-electron chi connectivity index (χ1n) is 6.22. The molecule has 1 rings (SSSR count). The van der Waals surface area contributed by atoms with Gasteiger partial charge < -0.3 is 10.6 Å². The number of nitrogens with zero attached hydrogens (tertiary/aromatic N) is 2. The maximum Gasteiger partial charge on any atom is 0.148 e. The van der Waals surface area contributed by atoms with Crippen LogP contribution in [0.3, 0.4) is 0 Å². The topological polar surface area (TPSA) is 66.9 Å². The van der Waals surface area contributed by atoms with Crippen LogP contribution in [0.1, 0.15) is 34.1 Å². The maximum absolute atomic E-state index is 10.9. The minimum Gasteiger partial charge on any atom is -0.369 e. The van der Waals surface area contributed by atoms with Crippen molar-refractivity contribution in [1.82, 2.24) is 9.97 Å². The molecule has 1 aromatic rings. The van der Waals surface area contributed by atoms with E-state index < -0.39 is 0 Å². The van der Waals surface area contributed by atoms with E-state index in [9.17, 15) is 4.79 Å². The summed E-state index contributed by atoms with van der Waals surface area (Å²) in [4.78, 5) is 19.1. The Balaban J connectivity index is 2.56. The largest absolute Gasteiger partial charge is 0.369 e. The number of nitrogens with one attached hydrogen (secondary N) is 2. The first-order chi connectivity index (χ1) is 8.43. The fourth-order valence-electron chi connectivity index (χ4n) is 1.22. The number of carbonyl (C=O) groups excluding carboxylic acids is 1. The molecule has 1 heterocycles. The van der Waals surface area contributed by atoms with Gasteiger partial charge in [-0.2, -0.15) is 0 Å². The van der Waals surface area contributed by atoms with E-state index in [-0.39, 0.29) is 17.7 Å². The normalized spacial score (nSPS) is 11.1. The van der Waals surface area contributed by atoms with Gasteiger partial charge >= 0.3 is 0 Å². The molecule has 0 aromatic carbocycles. The Morgan fingerprint density at radius 1 is 1.28 bits per heavy atom. The highest BCUT2D eigenvalue weighted by atomic mass is 16.1. The SMILES string of the molecule is CCC(C)(C)CNc1cc(NCC(C)=O)ncn1. The molecule has 0 spiro atoms. The Kier molecular flexibility index (Phi) is 5.07. The lowest BCUT2D eigenvalue weighted by Crippen LogP contribution is -2.22. The van der Waals surface area contributed by atoms with Gasteiger partial charge in [0, 0.05) is 12.6 Å². The Bertz CT molecular complexity index is 404. The first-order valence-corrected chi connectivity index (χ1v) is 6.22. The molecule has 0 atom stereocenters. The third-order valence-electron chi connectivity index (χ3n) is 2.89. The molecule has 1 aromatic heterocycles.